The van der Waals surface area contributed by atoms with Gasteiger partial charge in [0.1, 0.15) is 0 Å². The van der Waals surface area contributed by atoms with Crippen LogP contribution in [-0.4, -0.2) is 0 Å². The molecular weight excluding hydrogens is 152 g/mol. The van der Waals surface area contributed by atoms with E-state index >= 15 is 0 Å². The lowest BCUT2D eigenvalue weighted by atomic mass is 10.2. The Morgan fingerprint density at radius 3 is 3.18 bits per heavy atom. The lowest BCUT2D eigenvalue weighted by Gasteiger charge is -1.89. The van der Waals surface area contributed by atoms with Crippen LogP contribution in [0.2, 0.25) is 0 Å². The van der Waals surface area contributed by atoms with Gasteiger partial charge in [-0.3, -0.25) is 0 Å². The molecule has 1 aromatic heterocycles. The van der Waals surface area contributed by atoms with Crippen LogP contribution in [0.25, 0.3) is 10.1 Å². The predicted octanol–water partition coefficient (Wildman–Crippen LogP) is 2.68. The molecule has 0 spiro atoms. The number of thiophene rings is 1. The first-order valence-corrected chi connectivity index (χ1v) is 4.08. The van der Waals surface area contributed by atoms with Gasteiger partial charge in [-0.15, -0.1) is 17.8 Å². The molecule has 2 aromatic rings. The summed E-state index contributed by atoms with van der Waals surface area (Å²) in [7, 11) is 0. The molecule has 0 fully saturated rings. The van der Waals surface area contributed by atoms with Gasteiger partial charge in [-0.25, -0.2) is 0 Å². The maximum Gasteiger partial charge on any atom is 0.0455 e. The van der Waals surface area contributed by atoms with Crippen molar-refractivity contribution in [3.05, 3.63) is 35.2 Å². The second kappa shape index (κ2) is 2.41. The summed E-state index contributed by atoms with van der Waals surface area (Å²) in [6, 6.07) is 7.95. The zero-order valence-electron chi connectivity index (χ0n) is 5.79. The van der Waals surface area contributed by atoms with Crippen molar-refractivity contribution in [3.63, 3.8) is 0 Å². The standard InChI is InChI=1S/C10H5S/c1-2-8-3-4-10-9(7-8)5-6-11-10/h1,3-5,7H. The van der Waals surface area contributed by atoms with Crippen LogP contribution in [-0.2, 0) is 0 Å². The SMILES string of the molecule is C#Cc1ccc2s[c]cc2c1. The molecule has 0 N–H and O–H groups in total. The molecule has 2 rings (SSSR count). The van der Waals surface area contributed by atoms with Gasteiger partial charge in [-0.05, 0) is 29.7 Å². The number of benzene rings is 1. The average Bonchev–Trinajstić information content (AvgIpc) is 2.50. The van der Waals surface area contributed by atoms with E-state index in [-0.39, 0.29) is 0 Å². The third-order valence-electron chi connectivity index (χ3n) is 1.56. The molecule has 51 valence electrons. The molecular formula is C10H5S. The van der Waals surface area contributed by atoms with Gasteiger partial charge < -0.3 is 0 Å². The minimum atomic E-state index is 0.935. The van der Waals surface area contributed by atoms with Gasteiger partial charge in [-0.1, -0.05) is 5.92 Å². The van der Waals surface area contributed by atoms with E-state index in [1.807, 2.05) is 24.3 Å². The Kier molecular flexibility index (Phi) is 1.41. The average molecular weight is 157 g/mol. The number of terminal acetylenes is 1. The lowest BCUT2D eigenvalue weighted by Crippen LogP contribution is -1.69. The summed E-state index contributed by atoms with van der Waals surface area (Å²) in [5.41, 5.74) is 0.935. The van der Waals surface area contributed by atoms with Gasteiger partial charge in [0, 0.05) is 15.6 Å². The van der Waals surface area contributed by atoms with E-state index < -0.39 is 0 Å². The van der Waals surface area contributed by atoms with Crippen LogP contribution < -0.4 is 0 Å². The molecule has 1 aromatic carbocycles. The van der Waals surface area contributed by atoms with Crippen LogP contribution >= 0.6 is 11.3 Å². The summed E-state index contributed by atoms with van der Waals surface area (Å²) in [5, 5.41) is 4.25. The van der Waals surface area contributed by atoms with Crippen LogP contribution in [0.3, 0.4) is 0 Å². The molecule has 0 aliphatic rings. The maximum atomic E-state index is 5.25. The molecule has 0 aliphatic carbocycles. The van der Waals surface area contributed by atoms with Gasteiger partial charge in [0.15, 0.2) is 0 Å². The van der Waals surface area contributed by atoms with E-state index in [0.717, 1.165) is 5.56 Å². The fourth-order valence-corrected chi connectivity index (χ4v) is 1.69. The van der Waals surface area contributed by atoms with Crippen molar-refractivity contribution in [2.45, 2.75) is 0 Å². The second-order valence-corrected chi connectivity index (χ2v) is 3.14. The molecule has 0 atom stereocenters. The van der Waals surface area contributed by atoms with Crippen molar-refractivity contribution >= 4 is 21.4 Å². The van der Waals surface area contributed by atoms with Gasteiger partial charge in [-0.2, -0.15) is 0 Å². The van der Waals surface area contributed by atoms with Crippen molar-refractivity contribution in [1.82, 2.24) is 0 Å². The van der Waals surface area contributed by atoms with Crippen molar-refractivity contribution < 1.29 is 0 Å². The smallest absolute Gasteiger partial charge is 0.0455 e. The molecule has 1 heteroatoms. The van der Waals surface area contributed by atoms with E-state index in [4.69, 9.17) is 6.42 Å². The molecule has 1 radical (unpaired) electrons. The summed E-state index contributed by atoms with van der Waals surface area (Å²) in [5.74, 6) is 2.60. The van der Waals surface area contributed by atoms with Crippen LogP contribution in [0, 0.1) is 17.7 Å². The second-order valence-electron chi connectivity index (χ2n) is 2.26. The highest BCUT2D eigenvalue weighted by Gasteiger charge is 1.93. The molecule has 0 saturated heterocycles. The molecule has 0 unspecified atom stereocenters. The number of fused-ring (bicyclic) bond motifs is 1. The zero-order chi connectivity index (χ0) is 7.68. The number of hydrogen-bond acceptors (Lipinski definition) is 1. The maximum absolute atomic E-state index is 5.25. The fraction of sp³-hybridized carbons (Fsp3) is 0. The van der Waals surface area contributed by atoms with Gasteiger partial charge >= 0.3 is 0 Å². The first kappa shape index (κ1) is 6.45. The van der Waals surface area contributed by atoms with Crippen LogP contribution in [0.5, 0.6) is 0 Å². The monoisotopic (exact) mass is 157 g/mol. The fourth-order valence-electron chi connectivity index (χ4n) is 1.00. The summed E-state index contributed by atoms with van der Waals surface area (Å²) in [4.78, 5) is 0. The van der Waals surface area contributed by atoms with Crippen LogP contribution in [0.15, 0.2) is 24.3 Å². The molecule has 11 heavy (non-hydrogen) atoms. The Bertz CT molecular complexity index is 418. The van der Waals surface area contributed by atoms with Crippen molar-refractivity contribution in [3.8, 4) is 12.3 Å². The number of hydrogen-bond donors (Lipinski definition) is 0. The van der Waals surface area contributed by atoms with E-state index in [1.165, 1.54) is 10.1 Å². The third kappa shape index (κ3) is 1.02. The van der Waals surface area contributed by atoms with Crippen molar-refractivity contribution in [2.75, 3.05) is 0 Å². The Morgan fingerprint density at radius 1 is 1.45 bits per heavy atom. The van der Waals surface area contributed by atoms with E-state index in [2.05, 4.69) is 11.3 Å². The highest BCUT2D eigenvalue weighted by Crippen LogP contribution is 2.20. The highest BCUT2D eigenvalue weighted by molar-refractivity contribution is 7.16. The normalized spacial score (nSPS) is 9.73. The quantitative estimate of drug-likeness (QED) is 0.516. The minimum Gasteiger partial charge on any atom is -0.134 e. The van der Waals surface area contributed by atoms with E-state index in [9.17, 15) is 0 Å². The summed E-state index contributed by atoms with van der Waals surface area (Å²) in [6.07, 6.45) is 5.25. The lowest BCUT2D eigenvalue weighted by molar-refractivity contribution is 1.75. The van der Waals surface area contributed by atoms with Crippen LogP contribution in [0.1, 0.15) is 5.56 Å². The Morgan fingerprint density at radius 2 is 2.36 bits per heavy atom. The summed E-state index contributed by atoms with van der Waals surface area (Å²) < 4.78 is 1.24. The molecule has 0 nitrogen and oxygen atoms in total. The van der Waals surface area contributed by atoms with Crippen molar-refractivity contribution in [1.29, 1.82) is 0 Å². The zero-order valence-corrected chi connectivity index (χ0v) is 6.61. The Balaban J connectivity index is 2.79. The molecule has 1 heterocycles. The number of rotatable bonds is 0. The third-order valence-corrected chi connectivity index (χ3v) is 2.39. The molecule has 0 amide bonds. The van der Waals surface area contributed by atoms with E-state index in [0.29, 0.717) is 0 Å². The predicted molar refractivity (Wildman–Crippen MR) is 48.6 cm³/mol. The largest absolute Gasteiger partial charge is 0.134 e. The van der Waals surface area contributed by atoms with Crippen LogP contribution in [0.4, 0.5) is 0 Å². The Labute approximate surface area is 69.5 Å². The van der Waals surface area contributed by atoms with Gasteiger partial charge in [0.05, 0.1) is 0 Å². The van der Waals surface area contributed by atoms with Gasteiger partial charge in [0.2, 0.25) is 0 Å². The van der Waals surface area contributed by atoms with Crippen molar-refractivity contribution in [2.24, 2.45) is 0 Å². The molecule has 0 saturated carbocycles. The van der Waals surface area contributed by atoms with Gasteiger partial charge in [0.25, 0.3) is 0 Å². The van der Waals surface area contributed by atoms with E-state index in [1.54, 1.807) is 11.3 Å². The molecule has 0 bridgehead atoms. The minimum absolute atomic E-state index is 0.935. The Hall–Kier alpha value is -1.26. The first-order valence-electron chi connectivity index (χ1n) is 3.26. The topological polar surface area (TPSA) is 0 Å². The summed E-state index contributed by atoms with van der Waals surface area (Å²) in [6.45, 7) is 0. The molecule has 0 aliphatic heterocycles. The first-order chi connectivity index (χ1) is 5.40. The summed E-state index contributed by atoms with van der Waals surface area (Å²) >= 11 is 1.61. The highest BCUT2D eigenvalue weighted by atomic mass is 32.1.